The highest BCUT2D eigenvalue weighted by molar-refractivity contribution is 9.10. The molecule has 1 N–H and O–H groups in total. The lowest BCUT2D eigenvalue weighted by atomic mass is 10.1. The summed E-state index contributed by atoms with van der Waals surface area (Å²) in [6.45, 7) is 3.23. The molecule has 2 aromatic rings. The van der Waals surface area contributed by atoms with Crippen LogP contribution >= 0.6 is 15.9 Å². The zero-order chi connectivity index (χ0) is 19.1. The number of sulfonamides is 1. The van der Waals surface area contributed by atoms with Crippen LogP contribution in [0.15, 0.2) is 38.2 Å². The molecule has 0 saturated carbocycles. The standard InChI is InChI=1S/C16H16BrN3O5S/c1-9-14(10(2)25-18-9)26(23,24)19-15(21)11-7-8-20(16(11)22)13-6-4-3-5-12(13)17/h3-6,11H,7-8H2,1-2H3,(H,19,21)/t11-/m0/s1. The fourth-order valence-electron chi connectivity index (χ4n) is 2.95. The summed E-state index contributed by atoms with van der Waals surface area (Å²) in [4.78, 5) is 26.4. The molecule has 1 aliphatic rings. The third-order valence-electron chi connectivity index (χ3n) is 4.14. The summed E-state index contributed by atoms with van der Waals surface area (Å²) in [6.07, 6.45) is 0.225. The summed E-state index contributed by atoms with van der Waals surface area (Å²) < 4.78 is 32.4. The smallest absolute Gasteiger partial charge is 0.269 e. The molecule has 10 heteroatoms. The Labute approximate surface area is 158 Å². The average molecular weight is 442 g/mol. The second kappa shape index (κ2) is 6.84. The molecule has 1 saturated heterocycles. The number of aromatic nitrogens is 1. The first kappa shape index (κ1) is 18.6. The number of nitrogens with zero attached hydrogens (tertiary/aromatic N) is 2. The number of anilines is 1. The number of carbonyl (C=O) groups is 2. The lowest BCUT2D eigenvalue weighted by Gasteiger charge is -2.18. The highest BCUT2D eigenvalue weighted by Crippen LogP contribution is 2.31. The number of para-hydroxylation sites is 1. The molecule has 8 nitrogen and oxygen atoms in total. The van der Waals surface area contributed by atoms with Gasteiger partial charge in [0.05, 0.1) is 5.69 Å². The number of halogens is 1. The van der Waals surface area contributed by atoms with E-state index in [2.05, 4.69) is 21.1 Å². The predicted octanol–water partition coefficient (Wildman–Crippen LogP) is 1.91. The van der Waals surface area contributed by atoms with E-state index in [1.54, 1.807) is 18.2 Å². The summed E-state index contributed by atoms with van der Waals surface area (Å²) in [5.41, 5.74) is 0.789. The van der Waals surface area contributed by atoms with Crippen molar-refractivity contribution in [3.05, 3.63) is 40.2 Å². The van der Waals surface area contributed by atoms with Gasteiger partial charge in [-0.1, -0.05) is 17.3 Å². The van der Waals surface area contributed by atoms with E-state index in [1.165, 1.54) is 18.7 Å². The van der Waals surface area contributed by atoms with E-state index in [0.717, 1.165) is 4.47 Å². The highest BCUT2D eigenvalue weighted by atomic mass is 79.9. The van der Waals surface area contributed by atoms with Crippen LogP contribution in [0.1, 0.15) is 17.9 Å². The third-order valence-corrected chi connectivity index (χ3v) is 6.40. The summed E-state index contributed by atoms with van der Waals surface area (Å²) >= 11 is 3.37. The Morgan fingerprint density at radius 2 is 2.04 bits per heavy atom. The van der Waals surface area contributed by atoms with Crippen LogP contribution in [0.2, 0.25) is 0 Å². The molecular formula is C16H16BrN3O5S. The minimum atomic E-state index is -4.16. The SMILES string of the molecule is Cc1noc(C)c1S(=O)(=O)NC(=O)[C@@H]1CCN(c2ccccc2Br)C1=O. The first-order valence-electron chi connectivity index (χ1n) is 7.78. The van der Waals surface area contributed by atoms with Crippen molar-refractivity contribution in [1.29, 1.82) is 0 Å². The van der Waals surface area contributed by atoms with Gasteiger partial charge in [-0.2, -0.15) is 0 Å². The van der Waals surface area contributed by atoms with E-state index in [9.17, 15) is 18.0 Å². The lowest BCUT2D eigenvalue weighted by Crippen LogP contribution is -2.40. The molecule has 2 heterocycles. The fourth-order valence-corrected chi connectivity index (χ4v) is 4.80. The molecule has 26 heavy (non-hydrogen) atoms. The van der Waals surface area contributed by atoms with E-state index < -0.39 is 27.8 Å². The Balaban J connectivity index is 1.79. The number of hydrogen-bond acceptors (Lipinski definition) is 6. The van der Waals surface area contributed by atoms with E-state index in [0.29, 0.717) is 12.2 Å². The predicted molar refractivity (Wildman–Crippen MR) is 95.9 cm³/mol. The molecule has 1 aromatic carbocycles. The third kappa shape index (κ3) is 3.26. The Bertz CT molecular complexity index is 966. The molecule has 0 aliphatic carbocycles. The quantitative estimate of drug-likeness (QED) is 0.725. The second-order valence-electron chi connectivity index (χ2n) is 5.91. The minimum absolute atomic E-state index is 0.0791. The van der Waals surface area contributed by atoms with Gasteiger partial charge in [-0.05, 0) is 48.3 Å². The Hall–Kier alpha value is -2.20. The van der Waals surface area contributed by atoms with Crippen molar-refractivity contribution >= 4 is 43.5 Å². The zero-order valence-electron chi connectivity index (χ0n) is 14.0. The molecule has 1 aromatic heterocycles. The summed E-state index contributed by atoms with van der Waals surface area (Å²) in [5, 5.41) is 3.58. The van der Waals surface area contributed by atoms with Gasteiger partial charge in [0.1, 0.15) is 11.6 Å². The van der Waals surface area contributed by atoms with E-state index in [4.69, 9.17) is 4.52 Å². The van der Waals surface area contributed by atoms with E-state index in [-0.39, 0.29) is 22.8 Å². The van der Waals surface area contributed by atoms with Gasteiger partial charge >= 0.3 is 0 Å². The molecule has 138 valence electrons. The Morgan fingerprint density at radius 3 is 2.65 bits per heavy atom. The number of aryl methyl sites for hydroxylation is 2. The number of nitrogens with one attached hydrogen (secondary N) is 1. The molecule has 0 spiro atoms. The van der Waals surface area contributed by atoms with Crippen molar-refractivity contribution in [3.8, 4) is 0 Å². The van der Waals surface area contributed by atoms with Crippen LogP contribution < -0.4 is 9.62 Å². The van der Waals surface area contributed by atoms with Crippen LogP contribution in [0.5, 0.6) is 0 Å². The molecule has 0 radical (unpaired) electrons. The van der Waals surface area contributed by atoms with E-state index >= 15 is 0 Å². The molecule has 1 fully saturated rings. The summed E-state index contributed by atoms with van der Waals surface area (Å²) in [7, 11) is -4.16. The van der Waals surface area contributed by atoms with Crippen LogP contribution in [0.25, 0.3) is 0 Å². The van der Waals surface area contributed by atoms with Gasteiger partial charge in [-0.25, -0.2) is 13.1 Å². The second-order valence-corrected chi connectivity index (χ2v) is 8.38. The maximum Gasteiger partial charge on any atom is 0.269 e. The number of rotatable bonds is 4. The van der Waals surface area contributed by atoms with Crippen molar-refractivity contribution in [2.24, 2.45) is 5.92 Å². The fraction of sp³-hybridized carbons (Fsp3) is 0.312. The molecule has 3 rings (SSSR count). The van der Waals surface area contributed by atoms with Gasteiger partial charge in [-0.15, -0.1) is 0 Å². The molecule has 1 atom stereocenters. The van der Waals surface area contributed by atoms with E-state index in [1.807, 2.05) is 10.8 Å². The van der Waals surface area contributed by atoms with Gasteiger partial charge in [0.2, 0.25) is 11.8 Å². The summed E-state index contributed by atoms with van der Waals surface area (Å²) in [6, 6.07) is 7.14. The number of hydrogen-bond donors (Lipinski definition) is 1. The average Bonchev–Trinajstić information content (AvgIpc) is 3.10. The van der Waals surface area contributed by atoms with Gasteiger partial charge in [-0.3, -0.25) is 9.59 Å². The van der Waals surface area contributed by atoms with Crippen LogP contribution in [-0.4, -0.2) is 31.9 Å². The van der Waals surface area contributed by atoms with Gasteiger partial charge in [0.15, 0.2) is 10.7 Å². The van der Waals surface area contributed by atoms with Crippen molar-refractivity contribution in [2.45, 2.75) is 25.2 Å². The topological polar surface area (TPSA) is 110 Å². The molecule has 1 aliphatic heterocycles. The Kier molecular flexibility index (Phi) is 4.89. The first-order chi connectivity index (χ1) is 12.2. The van der Waals surface area contributed by atoms with Crippen molar-refractivity contribution in [1.82, 2.24) is 9.88 Å². The van der Waals surface area contributed by atoms with Gasteiger partial charge in [0.25, 0.3) is 10.0 Å². The zero-order valence-corrected chi connectivity index (χ0v) is 16.4. The van der Waals surface area contributed by atoms with Gasteiger partial charge in [0, 0.05) is 11.0 Å². The maximum atomic E-state index is 12.6. The summed E-state index contributed by atoms with van der Waals surface area (Å²) in [5.74, 6) is -2.29. The minimum Gasteiger partial charge on any atom is -0.360 e. The molecule has 2 amide bonds. The van der Waals surface area contributed by atoms with Crippen LogP contribution in [0.4, 0.5) is 5.69 Å². The van der Waals surface area contributed by atoms with Crippen LogP contribution in [-0.2, 0) is 19.6 Å². The number of carbonyl (C=O) groups excluding carboxylic acids is 2. The number of benzene rings is 1. The maximum absolute atomic E-state index is 12.6. The van der Waals surface area contributed by atoms with Crippen LogP contribution in [0.3, 0.4) is 0 Å². The van der Waals surface area contributed by atoms with Crippen molar-refractivity contribution in [3.63, 3.8) is 0 Å². The molecule has 0 unspecified atom stereocenters. The monoisotopic (exact) mass is 441 g/mol. The van der Waals surface area contributed by atoms with Crippen molar-refractivity contribution < 1.29 is 22.5 Å². The lowest BCUT2D eigenvalue weighted by molar-refractivity contribution is -0.130. The molecular weight excluding hydrogens is 426 g/mol. The van der Waals surface area contributed by atoms with Crippen molar-refractivity contribution in [2.75, 3.05) is 11.4 Å². The normalized spacial score (nSPS) is 17.6. The van der Waals surface area contributed by atoms with Gasteiger partial charge < -0.3 is 9.42 Å². The first-order valence-corrected chi connectivity index (χ1v) is 10.1. The highest BCUT2D eigenvalue weighted by Gasteiger charge is 2.40. The number of amides is 2. The van der Waals surface area contributed by atoms with Crippen LogP contribution in [0, 0.1) is 19.8 Å². The molecule has 0 bridgehead atoms. The Morgan fingerprint density at radius 1 is 1.35 bits per heavy atom. The largest absolute Gasteiger partial charge is 0.360 e.